The van der Waals surface area contributed by atoms with E-state index in [1.807, 2.05) is 0 Å². The highest BCUT2D eigenvalue weighted by molar-refractivity contribution is 5.75. The molecular weight excluding hydrogens is 218 g/mol. The first-order valence-electron chi connectivity index (χ1n) is 5.94. The number of hydrogen-bond donors (Lipinski definition) is 3. The number of benzene rings is 1. The van der Waals surface area contributed by atoms with Gasteiger partial charge >= 0.3 is 5.97 Å². The van der Waals surface area contributed by atoms with E-state index in [0.717, 1.165) is 25.7 Å². The maximum atomic E-state index is 11.3. The zero-order valence-corrected chi connectivity index (χ0v) is 9.60. The van der Waals surface area contributed by atoms with Gasteiger partial charge in [0.25, 0.3) is 0 Å². The Morgan fingerprint density at radius 3 is 2.65 bits per heavy atom. The second-order valence-electron chi connectivity index (χ2n) is 4.51. The second-order valence-corrected chi connectivity index (χ2v) is 4.51. The van der Waals surface area contributed by atoms with Gasteiger partial charge in [0, 0.05) is 6.04 Å². The molecule has 4 nitrogen and oxygen atoms in total. The number of phenolic OH excluding ortho intramolecular Hbond substituents is 1. The fourth-order valence-corrected chi connectivity index (χ4v) is 2.34. The predicted octanol–water partition coefficient (Wildman–Crippen LogP) is 2.05. The van der Waals surface area contributed by atoms with Gasteiger partial charge in [-0.1, -0.05) is 25.0 Å². The molecule has 1 aromatic rings. The smallest absolute Gasteiger partial charge is 0.325 e. The average molecular weight is 235 g/mol. The summed E-state index contributed by atoms with van der Waals surface area (Å²) in [5, 5.41) is 21.8. The quantitative estimate of drug-likeness (QED) is 0.747. The van der Waals surface area contributed by atoms with Crippen molar-refractivity contribution < 1.29 is 15.0 Å². The first-order chi connectivity index (χ1) is 8.16. The van der Waals surface area contributed by atoms with E-state index in [1.54, 1.807) is 12.1 Å². The second kappa shape index (κ2) is 5.19. The summed E-state index contributed by atoms with van der Waals surface area (Å²) < 4.78 is 0. The number of aliphatic carboxylic acids is 1. The van der Waals surface area contributed by atoms with Crippen LogP contribution in [0, 0.1) is 0 Å². The molecule has 3 N–H and O–H groups in total. The summed E-state index contributed by atoms with van der Waals surface area (Å²) in [7, 11) is 0. The van der Waals surface area contributed by atoms with Crippen LogP contribution in [-0.4, -0.2) is 22.2 Å². The van der Waals surface area contributed by atoms with E-state index in [-0.39, 0.29) is 11.8 Å². The summed E-state index contributed by atoms with van der Waals surface area (Å²) in [5.41, 5.74) is 0.601. The van der Waals surface area contributed by atoms with Crippen molar-refractivity contribution >= 4 is 5.97 Å². The van der Waals surface area contributed by atoms with E-state index in [0.29, 0.717) is 5.56 Å². The van der Waals surface area contributed by atoms with Gasteiger partial charge < -0.3 is 10.2 Å². The summed E-state index contributed by atoms with van der Waals surface area (Å²) in [4.78, 5) is 11.3. The van der Waals surface area contributed by atoms with Crippen molar-refractivity contribution in [2.45, 2.75) is 37.8 Å². The van der Waals surface area contributed by atoms with Gasteiger partial charge in [0.2, 0.25) is 0 Å². The number of aromatic hydroxyl groups is 1. The lowest BCUT2D eigenvalue weighted by Crippen LogP contribution is -2.35. The van der Waals surface area contributed by atoms with Crippen LogP contribution in [0.1, 0.15) is 37.3 Å². The molecule has 1 aromatic carbocycles. The molecule has 0 amide bonds. The molecule has 0 saturated heterocycles. The molecule has 0 heterocycles. The summed E-state index contributed by atoms with van der Waals surface area (Å²) >= 11 is 0. The third-order valence-electron chi connectivity index (χ3n) is 3.21. The van der Waals surface area contributed by atoms with Crippen molar-refractivity contribution in [2.75, 3.05) is 0 Å². The Hall–Kier alpha value is -1.55. The molecule has 0 radical (unpaired) electrons. The lowest BCUT2D eigenvalue weighted by molar-refractivity contribution is -0.139. The van der Waals surface area contributed by atoms with Gasteiger partial charge in [-0.3, -0.25) is 10.1 Å². The topological polar surface area (TPSA) is 69.6 Å². The molecular formula is C13H17NO3. The first-order valence-corrected chi connectivity index (χ1v) is 5.94. The molecule has 0 aliphatic heterocycles. The molecule has 17 heavy (non-hydrogen) atoms. The van der Waals surface area contributed by atoms with Crippen LogP contribution in [0.3, 0.4) is 0 Å². The van der Waals surface area contributed by atoms with Crippen LogP contribution in [0.5, 0.6) is 5.75 Å². The fourth-order valence-electron chi connectivity index (χ4n) is 2.34. The molecule has 1 saturated carbocycles. The Balaban J connectivity index is 2.13. The van der Waals surface area contributed by atoms with E-state index in [1.165, 1.54) is 12.1 Å². The SMILES string of the molecule is O=C(O)C(NC1CCCC1)c1cccc(O)c1. The summed E-state index contributed by atoms with van der Waals surface area (Å²) in [6.07, 6.45) is 4.37. The number of carboxylic acids is 1. The Bertz CT molecular complexity index is 399. The minimum absolute atomic E-state index is 0.0990. The molecule has 0 spiro atoms. The van der Waals surface area contributed by atoms with Gasteiger partial charge in [-0.05, 0) is 30.5 Å². The van der Waals surface area contributed by atoms with Gasteiger partial charge in [-0.25, -0.2) is 0 Å². The summed E-state index contributed by atoms with van der Waals surface area (Å²) in [6, 6.07) is 5.97. The largest absolute Gasteiger partial charge is 0.508 e. The van der Waals surface area contributed by atoms with E-state index in [9.17, 15) is 15.0 Å². The molecule has 2 rings (SSSR count). The van der Waals surface area contributed by atoms with Crippen LogP contribution >= 0.6 is 0 Å². The highest BCUT2D eigenvalue weighted by Crippen LogP contribution is 2.24. The maximum Gasteiger partial charge on any atom is 0.325 e. The van der Waals surface area contributed by atoms with Crippen LogP contribution in [-0.2, 0) is 4.79 Å². The molecule has 1 unspecified atom stereocenters. The molecule has 92 valence electrons. The van der Waals surface area contributed by atoms with Crippen LogP contribution in [0.2, 0.25) is 0 Å². The summed E-state index contributed by atoms with van der Waals surface area (Å²) in [6.45, 7) is 0. The number of rotatable bonds is 4. The van der Waals surface area contributed by atoms with Crippen molar-refractivity contribution in [3.8, 4) is 5.75 Å². The van der Waals surface area contributed by atoms with Gasteiger partial charge in [0.1, 0.15) is 11.8 Å². The lowest BCUT2D eigenvalue weighted by Gasteiger charge is -2.19. The predicted molar refractivity (Wildman–Crippen MR) is 63.9 cm³/mol. The van der Waals surface area contributed by atoms with E-state index in [2.05, 4.69) is 5.32 Å². The maximum absolute atomic E-state index is 11.3. The third-order valence-corrected chi connectivity index (χ3v) is 3.21. The minimum atomic E-state index is -0.900. The molecule has 1 aliphatic rings. The fraction of sp³-hybridized carbons (Fsp3) is 0.462. The van der Waals surface area contributed by atoms with Gasteiger partial charge in [0.15, 0.2) is 0 Å². The molecule has 1 aliphatic carbocycles. The van der Waals surface area contributed by atoms with Crippen LogP contribution < -0.4 is 5.32 Å². The number of hydrogen-bond acceptors (Lipinski definition) is 3. The van der Waals surface area contributed by atoms with Crippen molar-refractivity contribution in [2.24, 2.45) is 0 Å². The molecule has 0 aromatic heterocycles. The highest BCUT2D eigenvalue weighted by atomic mass is 16.4. The van der Waals surface area contributed by atoms with E-state index in [4.69, 9.17) is 0 Å². The number of carbonyl (C=O) groups is 1. The third kappa shape index (κ3) is 2.97. The van der Waals surface area contributed by atoms with Crippen molar-refractivity contribution in [3.05, 3.63) is 29.8 Å². The lowest BCUT2D eigenvalue weighted by atomic mass is 10.1. The van der Waals surface area contributed by atoms with Crippen molar-refractivity contribution in [1.29, 1.82) is 0 Å². The molecule has 0 bridgehead atoms. The minimum Gasteiger partial charge on any atom is -0.508 e. The Kier molecular flexibility index (Phi) is 3.64. The van der Waals surface area contributed by atoms with Gasteiger partial charge in [-0.2, -0.15) is 0 Å². The number of nitrogens with one attached hydrogen (secondary N) is 1. The molecule has 1 atom stereocenters. The van der Waals surface area contributed by atoms with Crippen LogP contribution in [0.15, 0.2) is 24.3 Å². The zero-order chi connectivity index (χ0) is 12.3. The molecule has 1 fully saturated rings. The molecule has 4 heteroatoms. The average Bonchev–Trinajstić information content (AvgIpc) is 2.78. The Morgan fingerprint density at radius 2 is 2.06 bits per heavy atom. The van der Waals surface area contributed by atoms with Crippen LogP contribution in [0.25, 0.3) is 0 Å². The monoisotopic (exact) mass is 235 g/mol. The zero-order valence-electron chi connectivity index (χ0n) is 9.60. The number of phenols is 1. The highest BCUT2D eigenvalue weighted by Gasteiger charge is 2.25. The Labute approximate surface area is 100 Å². The van der Waals surface area contributed by atoms with Crippen molar-refractivity contribution in [1.82, 2.24) is 5.32 Å². The van der Waals surface area contributed by atoms with Gasteiger partial charge in [0.05, 0.1) is 0 Å². The van der Waals surface area contributed by atoms with E-state index < -0.39 is 12.0 Å². The van der Waals surface area contributed by atoms with Crippen molar-refractivity contribution in [3.63, 3.8) is 0 Å². The summed E-state index contributed by atoms with van der Waals surface area (Å²) in [5.74, 6) is -0.801. The number of carboxylic acid groups (broad SMARTS) is 1. The Morgan fingerprint density at radius 1 is 1.35 bits per heavy atom. The van der Waals surface area contributed by atoms with Gasteiger partial charge in [-0.15, -0.1) is 0 Å². The normalized spacial score (nSPS) is 18.1. The van der Waals surface area contributed by atoms with Crippen LogP contribution in [0.4, 0.5) is 0 Å². The van der Waals surface area contributed by atoms with E-state index >= 15 is 0 Å². The first kappa shape index (κ1) is 11.9. The standard InChI is InChI=1S/C13H17NO3/c15-11-7-3-4-9(8-11)12(13(16)17)14-10-5-1-2-6-10/h3-4,7-8,10,12,14-15H,1-2,5-6H2,(H,16,17).